The number of aryl methyl sites for hydroxylation is 2. The van der Waals surface area contributed by atoms with Gasteiger partial charge in [0.1, 0.15) is 0 Å². The maximum atomic E-state index is 12.6. The van der Waals surface area contributed by atoms with Crippen LogP contribution >= 0.6 is 0 Å². The standard InChI is InChI=1S/C23H33N3O4S.K/c1-15(2)26-12-23(13-26)10-18(30-14-23)11-31(28,29)25-22(27)24-21-19-7-3-5-16(19)9-17-6-4-8-20(17)21;/h9,15,18H,3-8,10-14H2,1-2H3,(H2,24,25,27);/q;+1/p-1. The van der Waals surface area contributed by atoms with E-state index >= 15 is 0 Å². The first-order valence-corrected chi connectivity index (χ1v) is 13.1. The minimum atomic E-state index is -3.90. The van der Waals surface area contributed by atoms with Gasteiger partial charge in [-0.2, -0.15) is 0 Å². The number of amides is 2. The van der Waals surface area contributed by atoms with Crippen LogP contribution < -0.4 is 56.7 Å². The number of fused-ring (bicyclic) bond motifs is 2. The molecule has 2 aliphatic carbocycles. The third kappa shape index (κ3) is 5.00. The first-order valence-electron chi connectivity index (χ1n) is 11.5. The SMILES string of the molecule is CC(C)N1CC2(COC(CS(=O)(=O)[N-]C(=O)Nc3c4c(cc5c3CCC5)CCC4)C2)C1.[K+]. The second kappa shape index (κ2) is 9.57. The fraction of sp³-hybridized carbons (Fsp3) is 0.696. The van der Waals surface area contributed by atoms with Crippen molar-refractivity contribution < 1.29 is 69.3 Å². The summed E-state index contributed by atoms with van der Waals surface area (Å²) in [5.41, 5.74) is 5.81. The first-order chi connectivity index (χ1) is 14.7. The number of nitrogens with zero attached hydrogens (tertiary/aromatic N) is 2. The Morgan fingerprint density at radius 2 is 1.81 bits per heavy atom. The van der Waals surface area contributed by atoms with Gasteiger partial charge in [-0.1, -0.05) is 6.07 Å². The Balaban J connectivity index is 0.00000245. The molecule has 1 aromatic carbocycles. The minimum absolute atomic E-state index is 0. The van der Waals surface area contributed by atoms with Crippen molar-refractivity contribution in [1.29, 1.82) is 0 Å². The maximum Gasteiger partial charge on any atom is 1.00 e. The molecular formula is C23H32KN3O4S. The zero-order valence-electron chi connectivity index (χ0n) is 19.4. The number of sulfonamides is 1. The summed E-state index contributed by atoms with van der Waals surface area (Å²) in [5, 5.41) is 2.85. The number of carbonyl (C=O) groups excluding carboxylic acids is 1. The van der Waals surface area contributed by atoms with Crippen molar-refractivity contribution in [3.8, 4) is 0 Å². The Morgan fingerprint density at radius 3 is 2.41 bits per heavy atom. The molecular weight excluding hydrogens is 453 g/mol. The number of urea groups is 1. The molecule has 4 aliphatic rings. The van der Waals surface area contributed by atoms with E-state index in [1.807, 2.05) is 0 Å². The van der Waals surface area contributed by atoms with E-state index in [1.54, 1.807) is 0 Å². The van der Waals surface area contributed by atoms with Crippen molar-refractivity contribution in [3.05, 3.63) is 33.0 Å². The number of anilines is 1. The van der Waals surface area contributed by atoms with Crippen LogP contribution in [0.5, 0.6) is 0 Å². The molecule has 9 heteroatoms. The van der Waals surface area contributed by atoms with Crippen molar-refractivity contribution >= 4 is 21.7 Å². The third-order valence-electron chi connectivity index (χ3n) is 7.42. The average Bonchev–Trinajstić information content (AvgIpc) is 3.37. The van der Waals surface area contributed by atoms with E-state index in [4.69, 9.17) is 4.74 Å². The van der Waals surface area contributed by atoms with Gasteiger partial charge in [-0.3, -0.25) is 9.69 Å². The van der Waals surface area contributed by atoms with Gasteiger partial charge in [-0.15, -0.1) is 0 Å². The second-order valence-electron chi connectivity index (χ2n) is 10.1. The van der Waals surface area contributed by atoms with Crippen LogP contribution in [0.3, 0.4) is 0 Å². The summed E-state index contributed by atoms with van der Waals surface area (Å²) in [6.07, 6.45) is 6.38. The quantitative estimate of drug-likeness (QED) is 0.610. The topological polar surface area (TPSA) is 89.8 Å². The Bertz CT molecular complexity index is 973. The van der Waals surface area contributed by atoms with Gasteiger partial charge in [0.15, 0.2) is 16.1 Å². The molecule has 2 saturated heterocycles. The summed E-state index contributed by atoms with van der Waals surface area (Å²) in [6.45, 7) is 6.82. The van der Waals surface area contributed by atoms with Crippen molar-refractivity contribution in [2.45, 2.75) is 70.9 Å². The smallest absolute Gasteiger partial charge is 0.423 e. The van der Waals surface area contributed by atoms with Crippen molar-refractivity contribution in [1.82, 2.24) is 4.90 Å². The Kier molecular flexibility index (Phi) is 7.50. The number of hydrogen-bond acceptors (Lipinski definition) is 5. The molecule has 0 bridgehead atoms. The van der Waals surface area contributed by atoms with E-state index in [2.05, 4.69) is 34.9 Å². The van der Waals surface area contributed by atoms with Crippen LogP contribution in [0.4, 0.5) is 10.5 Å². The van der Waals surface area contributed by atoms with Crippen LogP contribution in [0, 0.1) is 5.41 Å². The van der Waals surface area contributed by atoms with Crippen molar-refractivity contribution in [2.75, 3.05) is 30.8 Å². The molecule has 1 spiro atoms. The molecule has 1 N–H and O–H groups in total. The number of benzene rings is 1. The maximum absolute atomic E-state index is 12.6. The van der Waals surface area contributed by atoms with Gasteiger partial charge in [0.05, 0.1) is 18.5 Å². The fourth-order valence-electron chi connectivity index (χ4n) is 5.90. The van der Waals surface area contributed by atoms with Crippen LogP contribution in [-0.4, -0.2) is 56.9 Å². The average molecular weight is 486 g/mol. The zero-order valence-corrected chi connectivity index (χ0v) is 23.4. The van der Waals surface area contributed by atoms with E-state index in [0.717, 1.165) is 57.3 Å². The molecule has 1 aromatic rings. The molecule has 1 atom stereocenters. The van der Waals surface area contributed by atoms with Crippen LogP contribution in [-0.2, 0) is 40.4 Å². The van der Waals surface area contributed by atoms with Crippen LogP contribution in [0.2, 0.25) is 0 Å². The molecule has 0 radical (unpaired) electrons. The van der Waals surface area contributed by atoms with Gasteiger partial charge in [0.25, 0.3) is 0 Å². The van der Waals surface area contributed by atoms with Crippen LogP contribution in [0.25, 0.3) is 4.72 Å². The summed E-state index contributed by atoms with van der Waals surface area (Å²) in [6, 6.07) is 1.99. The van der Waals surface area contributed by atoms with Gasteiger partial charge < -0.3 is 14.8 Å². The van der Waals surface area contributed by atoms with Gasteiger partial charge in [0.2, 0.25) is 0 Å². The number of likely N-dealkylation sites (tertiary alicyclic amines) is 1. The molecule has 0 aromatic heterocycles. The van der Waals surface area contributed by atoms with E-state index in [9.17, 15) is 13.2 Å². The molecule has 170 valence electrons. The van der Waals surface area contributed by atoms with Gasteiger partial charge in [0, 0.05) is 24.5 Å². The van der Waals surface area contributed by atoms with Gasteiger partial charge >= 0.3 is 51.4 Å². The number of rotatable bonds is 5. The number of hydrogen-bond donors (Lipinski definition) is 1. The molecule has 2 heterocycles. The predicted molar refractivity (Wildman–Crippen MR) is 120 cm³/mol. The molecule has 2 aliphatic heterocycles. The molecule has 5 rings (SSSR count). The summed E-state index contributed by atoms with van der Waals surface area (Å²) in [5.74, 6) is -0.227. The molecule has 7 nitrogen and oxygen atoms in total. The molecule has 2 fully saturated rings. The first kappa shape index (κ1) is 25.1. The largest absolute Gasteiger partial charge is 1.00 e. The zero-order chi connectivity index (χ0) is 21.8. The molecule has 0 saturated carbocycles. The van der Waals surface area contributed by atoms with Crippen molar-refractivity contribution in [3.63, 3.8) is 0 Å². The summed E-state index contributed by atoms with van der Waals surface area (Å²) in [7, 11) is -3.90. The predicted octanol–water partition coefficient (Wildman–Crippen LogP) is 0.403. The second-order valence-corrected chi connectivity index (χ2v) is 11.8. The number of ether oxygens (including phenoxy) is 1. The minimum Gasteiger partial charge on any atom is -0.423 e. The number of carbonyl (C=O) groups is 1. The fourth-order valence-corrected chi connectivity index (χ4v) is 6.96. The number of nitrogens with one attached hydrogen (secondary N) is 1. The normalized spacial score (nSPS) is 23.5. The molecule has 32 heavy (non-hydrogen) atoms. The molecule has 1 unspecified atom stereocenters. The van der Waals surface area contributed by atoms with E-state index < -0.39 is 16.1 Å². The summed E-state index contributed by atoms with van der Waals surface area (Å²) < 4.78 is 34.6. The Hall–Kier alpha value is -0.00364. The molecule has 2 amide bonds. The third-order valence-corrected chi connectivity index (χ3v) is 8.65. The monoisotopic (exact) mass is 485 g/mol. The van der Waals surface area contributed by atoms with E-state index in [1.165, 1.54) is 22.3 Å². The summed E-state index contributed by atoms with van der Waals surface area (Å²) >= 11 is 0. The van der Waals surface area contributed by atoms with Crippen LogP contribution in [0.15, 0.2) is 6.07 Å². The van der Waals surface area contributed by atoms with Crippen LogP contribution in [0.1, 0.15) is 55.4 Å². The van der Waals surface area contributed by atoms with E-state index in [-0.39, 0.29) is 68.7 Å². The Morgan fingerprint density at radius 1 is 1.19 bits per heavy atom. The van der Waals surface area contributed by atoms with E-state index in [0.29, 0.717) is 19.1 Å². The Labute approximate surface area is 233 Å². The van der Waals surface area contributed by atoms with Gasteiger partial charge in [-0.25, -0.2) is 8.42 Å². The summed E-state index contributed by atoms with van der Waals surface area (Å²) in [4.78, 5) is 15.0. The van der Waals surface area contributed by atoms with Crippen molar-refractivity contribution in [2.24, 2.45) is 5.41 Å². The van der Waals surface area contributed by atoms with Gasteiger partial charge in [-0.05, 0) is 86.7 Å².